The molecule has 0 saturated heterocycles. The monoisotopic (exact) mass is 537 g/mol. The van der Waals surface area contributed by atoms with Gasteiger partial charge in [-0.3, -0.25) is 0 Å². The van der Waals surface area contributed by atoms with Crippen LogP contribution in [0.2, 0.25) is 0 Å². The fourth-order valence-corrected chi connectivity index (χ4v) is 6.08. The summed E-state index contributed by atoms with van der Waals surface area (Å²) in [6, 6.07) is 57.9. The van der Waals surface area contributed by atoms with Crippen molar-refractivity contribution in [2.75, 3.05) is 4.90 Å². The van der Waals surface area contributed by atoms with Crippen LogP contribution in [0.3, 0.4) is 0 Å². The van der Waals surface area contributed by atoms with Gasteiger partial charge in [-0.2, -0.15) is 0 Å². The molecule has 1 aromatic heterocycles. The van der Waals surface area contributed by atoms with Crippen LogP contribution in [0, 0.1) is 0 Å². The zero-order valence-electron chi connectivity index (χ0n) is 22.9. The molecule has 0 atom stereocenters. The third-order valence-electron chi connectivity index (χ3n) is 8.07. The number of hydrogen-bond donors (Lipinski definition) is 0. The summed E-state index contributed by atoms with van der Waals surface area (Å²) >= 11 is 0. The van der Waals surface area contributed by atoms with Gasteiger partial charge in [-0.25, -0.2) is 0 Å². The highest BCUT2D eigenvalue weighted by Crippen LogP contribution is 2.41. The molecule has 8 rings (SSSR count). The Kier molecular flexibility index (Phi) is 5.82. The summed E-state index contributed by atoms with van der Waals surface area (Å²) in [7, 11) is 0. The summed E-state index contributed by atoms with van der Waals surface area (Å²) in [5, 5.41) is 4.76. The number of benzene rings is 7. The maximum atomic E-state index is 6.23. The Hall–Kier alpha value is -5.60. The van der Waals surface area contributed by atoms with Crippen molar-refractivity contribution in [1.82, 2.24) is 0 Å². The molecule has 0 fully saturated rings. The first-order chi connectivity index (χ1) is 20.8. The third-order valence-corrected chi connectivity index (χ3v) is 8.07. The molecular weight excluding hydrogens is 510 g/mol. The van der Waals surface area contributed by atoms with Gasteiger partial charge in [0, 0.05) is 33.2 Å². The first kappa shape index (κ1) is 24.2. The number of hydrogen-bond acceptors (Lipinski definition) is 2. The van der Waals surface area contributed by atoms with E-state index in [2.05, 4.69) is 157 Å². The van der Waals surface area contributed by atoms with E-state index in [9.17, 15) is 0 Å². The van der Waals surface area contributed by atoms with Crippen LogP contribution in [0.25, 0.3) is 55.0 Å². The quantitative estimate of drug-likeness (QED) is 0.217. The van der Waals surface area contributed by atoms with E-state index in [1.165, 1.54) is 38.4 Å². The van der Waals surface area contributed by atoms with Crippen molar-refractivity contribution >= 4 is 49.8 Å². The second-order valence-electron chi connectivity index (χ2n) is 10.6. The summed E-state index contributed by atoms with van der Waals surface area (Å²) < 4.78 is 6.23. The highest BCUT2D eigenvalue weighted by molar-refractivity contribution is 6.22. The lowest BCUT2D eigenvalue weighted by Gasteiger charge is -2.26. The second-order valence-corrected chi connectivity index (χ2v) is 10.6. The lowest BCUT2D eigenvalue weighted by atomic mass is 9.94. The molecule has 198 valence electrons. The van der Waals surface area contributed by atoms with E-state index >= 15 is 0 Å². The van der Waals surface area contributed by atoms with E-state index in [0.29, 0.717) is 0 Å². The van der Waals surface area contributed by atoms with Crippen molar-refractivity contribution in [2.24, 2.45) is 0 Å². The topological polar surface area (TPSA) is 16.4 Å². The molecule has 7 aromatic carbocycles. The van der Waals surface area contributed by atoms with Gasteiger partial charge in [0.1, 0.15) is 11.2 Å². The lowest BCUT2D eigenvalue weighted by Crippen LogP contribution is -2.09. The Bertz CT molecular complexity index is 2160. The minimum atomic E-state index is 0.918. The molecule has 0 spiro atoms. The fourth-order valence-electron chi connectivity index (χ4n) is 6.08. The van der Waals surface area contributed by atoms with Crippen LogP contribution in [0.15, 0.2) is 168 Å². The molecule has 42 heavy (non-hydrogen) atoms. The van der Waals surface area contributed by atoms with E-state index < -0.39 is 0 Å². The first-order valence-corrected chi connectivity index (χ1v) is 14.3. The van der Waals surface area contributed by atoms with Gasteiger partial charge in [-0.05, 0) is 76.2 Å². The standard InChI is InChI=1S/C40H27NO/c1-3-10-28(11-4-1)29-18-23-33(24-19-29)41(32-13-5-2-6-14-32)34-25-20-30(21-26-34)35-16-9-12-31-22-27-38-40(39(31)35)36-15-7-8-17-37(36)42-38/h1-27H. The fraction of sp³-hybridized carbons (Fsp3) is 0. The van der Waals surface area contributed by atoms with Gasteiger partial charge < -0.3 is 9.32 Å². The molecule has 0 bridgehead atoms. The largest absolute Gasteiger partial charge is 0.456 e. The Labute approximate surface area is 244 Å². The van der Waals surface area contributed by atoms with Crippen LogP contribution in [-0.2, 0) is 0 Å². The van der Waals surface area contributed by atoms with Crippen LogP contribution in [0.5, 0.6) is 0 Å². The number of nitrogens with zero attached hydrogens (tertiary/aromatic N) is 1. The van der Waals surface area contributed by atoms with Crippen molar-refractivity contribution in [3.8, 4) is 22.3 Å². The van der Waals surface area contributed by atoms with Crippen LogP contribution in [0.1, 0.15) is 0 Å². The highest BCUT2D eigenvalue weighted by Gasteiger charge is 2.16. The molecule has 0 aliphatic rings. The summed E-state index contributed by atoms with van der Waals surface area (Å²) in [5.41, 5.74) is 9.98. The Morgan fingerprint density at radius 1 is 0.357 bits per heavy atom. The Morgan fingerprint density at radius 2 is 0.952 bits per heavy atom. The third kappa shape index (κ3) is 4.13. The van der Waals surface area contributed by atoms with Gasteiger partial charge in [0.05, 0.1) is 0 Å². The molecule has 1 heterocycles. The molecule has 0 aliphatic heterocycles. The van der Waals surface area contributed by atoms with Crippen LogP contribution < -0.4 is 4.90 Å². The minimum absolute atomic E-state index is 0.918. The maximum Gasteiger partial charge on any atom is 0.136 e. The van der Waals surface area contributed by atoms with Crippen molar-refractivity contribution in [3.63, 3.8) is 0 Å². The first-order valence-electron chi connectivity index (χ1n) is 14.3. The van der Waals surface area contributed by atoms with Crippen molar-refractivity contribution in [1.29, 1.82) is 0 Å². The average molecular weight is 538 g/mol. The lowest BCUT2D eigenvalue weighted by molar-refractivity contribution is 0.669. The van der Waals surface area contributed by atoms with E-state index in [4.69, 9.17) is 4.42 Å². The Morgan fingerprint density at radius 3 is 1.69 bits per heavy atom. The summed E-state index contributed by atoms with van der Waals surface area (Å²) in [6.45, 7) is 0. The maximum absolute atomic E-state index is 6.23. The molecule has 0 unspecified atom stereocenters. The number of para-hydroxylation sites is 2. The van der Waals surface area contributed by atoms with E-state index in [0.717, 1.165) is 33.6 Å². The molecule has 0 radical (unpaired) electrons. The van der Waals surface area contributed by atoms with Gasteiger partial charge in [0.25, 0.3) is 0 Å². The number of rotatable bonds is 5. The normalized spacial score (nSPS) is 11.3. The molecule has 2 nitrogen and oxygen atoms in total. The molecule has 0 amide bonds. The molecule has 8 aromatic rings. The molecule has 0 aliphatic carbocycles. The highest BCUT2D eigenvalue weighted by atomic mass is 16.3. The summed E-state index contributed by atoms with van der Waals surface area (Å²) in [5.74, 6) is 0. The summed E-state index contributed by atoms with van der Waals surface area (Å²) in [6.07, 6.45) is 0. The minimum Gasteiger partial charge on any atom is -0.456 e. The van der Waals surface area contributed by atoms with Crippen LogP contribution in [0.4, 0.5) is 17.1 Å². The van der Waals surface area contributed by atoms with Gasteiger partial charge in [0.2, 0.25) is 0 Å². The van der Waals surface area contributed by atoms with Crippen molar-refractivity contribution in [2.45, 2.75) is 0 Å². The van der Waals surface area contributed by atoms with E-state index in [1.807, 2.05) is 12.1 Å². The van der Waals surface area contributed by atoms with Crippen molar-refractivity contribution in [3.05, 3.63) is 164 Å². The zero-order chi connectivity index (χ0) is 27.9. The van der Waals surface area contributed by atoms with Crippen molar-refractivity contribution < 1.29 is 4.42 Å². The number of furan rings is 1. The molecular formula is C40H27NO. The van der Waals surface area contributed by atoms with E-state index in [1.54, 1.807) is 0 Å². The van der Waals surface area contributed by atoms with Gasteiger partial charge >= 0.3 is 0 Å². The Balaban J connectivity index is 1.24. The number of fused-ring (bicyclic) bond motifs is 5. The summed E-state index contributed by atoms with van der Waals surface area (Å²) in [4.78, 5) is 2.31. The average Bonchev–Trinajstić information content (AvgIpc) is 3.45. The van der Waals surface area contributed by atoms with E-state index in [-0.39, 0.29) is 0 Å². The van der Waals surface area contributed by atoms with Crippen LogP contribution >= 0.6 is 0 Å². The molecule has 2 heteroatoms. The van der Waals surface area contributed by atoms with Gasteiger partial charge in [-0.1, -0.05) is 115 Å². The SMILES string of the molecule is c1ccc(-c2ccc(N(c3ccccc3)c3ccc(-c4cccc5ccc6oc7ccccc7c6c45)cc3)cc2)cc1. The van der Waals surface area contributed by atoms with Crippen LogP contribution in [-0.4, -0.2) is 0 Å². The van der Waals surface area contributed by atoms with Gasteiger partial charge in [0.15, 0.2) is 0 Å². The predicted molar refractivity (Wildman–Crippen MR) is 177 cm³/mol. The second kappa shape index (κ2) is 10.1. The van der Waals surface area contributed by atoms with Gasteiger partial charge in [-0.15, -0.1) is 0 Å². The molecule has 0 N–H and O–H groups in total. The number of anilines is 3. The molecule has 0 saturated carbocycles. The zero-order valence-corrected chi connectivity index (χ0v) is 22.9. The predicted octanol–water partition coefficient (Wildman–Crippen LogP) is 11.5. The smallest absolute Gasteiger partial charge is 0.136 e.